The Morgan fingerprint density at radius 1 is 0.796 bits per heavy atom. The molecule has 3 heterocycles. The third kappa shape index (κ3) is 6.90. The third-order valence-electron chi connectivity index (χ3n) is 8.68. The average molecular weight is 673 g/mol. The Bertz CT molecular complexity index is 1980. The van der Waals surface area contributed by atoms with Gasteiger partial charge in [0, 0.05) is 23.9 Å². The number of amides is 2. The number of fused-ring (bicyclic) bond motifs is 1. The van der Waals surface area contributed by atoms with Gasteiger partial charge in [-0.1, -0.05) is 78.9 Å². The van der Waals surface area contributed by atoms with Gasteiger partial charge in [-0.2, -0.15) is 0 Å². The van der Waals surface area contributed by atoms with Gasteiger partial charge in [0.15, 0.2) is 6.29 Å². The van der Waals surface area contributed by atoms with Crippen LogP contribution < -0.4 is 0 Å². The van der Waals surface area contributed by atoms with E-state index in [4.69, 9.17) is 9.47 Å². The molecule has 2 aliphatic heterocycles. The maximum absolute atomic E-state index is 12.9. The Morgan fingerprint density at radius 2 is 1.51 bits per heavy atom. The molecule has 0 aliphatic carbocycles. The Hall–Kier alpha value is -5.13. The molecule has 2 amide bonds. The van der Waals surface area contributed by atoms with E-state index >= 15 is 0 Å². The van der Waals surface area contributed by atoms with Crippen LogP contribution in [0.3, 0.4) is 0 Å². The molecule has 2 aliphatic rings. The quantitative estimate of drug-likeness (QED) is 0.118. The Labute approximate surface area is 287 Å². The number of benzene rings is 4. The number of aromatic carboxylic acids is 1. The number of pyridine rings is 1. The number of ether oxygens (including phenoxy) is 2. The second kappa shape index (κ2) is 14.2. The summed E-state index contributed by atoms with van der Waals surface area (Å²) in [6.07, 6.45) is 0.885. The molecular weight excluding hydrogens is 641 g/mol. The Kier molecular flexibility index (Phi) is 9.36. The van der Waals surface area contributed by atoms with Crippen molar-refractivity contribution in [1.29, 1.82) is 0 Å². The number of aliphatic hydroxyl groups is 1. The van der Waals surface area contributed by atoms with Gasteiger partial charge in [0.05, 0.1) is 42.0 Å². The number of hydrogen-bond donors (Lipinski definition) is 2. The van der Waals surface area contributed by atoms with E-state index in [9.17, 15) is 24.6 Å². The summed E-state index contributed by atoms with van der Waals surface area (Å²) in [5.41, 5.74) is 6.31. The molecule has 0 bridgehead atoms. The molecule has 2 N–H and O–H groups in total. The molecule has 3 atom stereocenters. The maximum atomic E-state index is 12.9. The van der Waals surface area contributed by atoms with E-state index in [0.29, 0.717) is 28.3 Å². The normalized spacial score (nSPS) is 18.8. The second-order valence-corrected chi connectivity index (χ2v) is 12.9. The van der Waals surface area contributed by atoms with Crippen LogP contribution in [0.15, 0.2) is 120 Å². The number of carboxylic acids is 1. The Balaban J connectivity index is 1.09. The third-order valence-corrected chi connectivity index (χ3v) is 9.82. The van der Waals surface area contributed by atoms with Crippen molar-refractivity contribution < 1.29 is 34.1 Å². The lowest BCUT2D eigenvalue weighted by molar-refractivity contribution is -0.245. The minimum atomic E-state index is -1.03. The smallest absolute Gasteiger partial charge is 0.338 e. The van der Waals surface area contributed by atoms with Gasteiger partial charge < -0.3 is 19.7 Å². The van der Waals surface area contributed by atoms with Crippen molar-refractivity contribution >= 4 is 29.5 Å². The standard InChI is InChI=1S/C39H32N2O7S/c42-22-24-10-12-27(13-11-24)34-20-30(23-49-35-33(38(45)46)9-4-18-40-35)47-39(48-34)28-16-14-26(15-17-28)29-6-3-5-25(19-29)21-41-36(43)31-7-1-2-8-32(31)37(41)44/h1-19,30,34,39,42H,20-23H2,(H,45,46). The van der Waals surface area contributed by atoms with E-state index in [1.807, 2.05) is 72.8 Å². The van der Waals surface area contributed by atoms with Crippen LogP contribution in [-0.4, -0.2) is 49.7 Å². The number of carbonyl (C=O) groups is 3. The lowest BCUT2D eigenvalue weighted by Gasteiger charge is -2.36. The first-order valence-corrected chi connectivity index (χ1v) is 16.8. The highest BCUT2D eigenvalue weighted by Gasteiger charge is 2.35. The van der Waals surface area contributed by atoms with E-state index in [2.05, 4.69) is 4.98 Å². The number of hydrogen-bond acceptors (Lipinski definition) is 8. The summed E-state index contributed by atoms with van der Waals surface area (Å²) in [4.78, 5) is 43.1. The average Bonchev–Trinajstić information content (AvgIpc) is 3.38. The summed E-state index contributed by atoms with van der Waals surface area (Å²) < 4.78 is 12.9. The summed E-state index contributed by atoms with van der Waals surface area (Å²) in [7, 11) is 0. The minimum Gasteiger partial charge on any atom is -0.478 e. The first-order valence-electron chi connectivity index (χ1n) is 15.8. The fourth-order valence-electron chi connectivity index (χ4n) is 6.11. The summed E-state index contributed by atoms with van der Waals surface area (Å²) in [5, 5.41) is 19.6. The van der Waals surface area contributed by atoms with E-state index in [1.165, 1.54) is 16.7 Å². The van der Waals surface area contributed by atoms with Crippen LogP contribution in [-0.2, 0) is 22.6 Å². The fraction of sp³-hybridized carbons (Fsp3) is 0.179. The molecule has 1 aromatic heterocycles. The number of imide groups is 1. The number of carbonyl (C=O) groups excluding carboxylic acids is 2. The number of aromatic nitrogens is 1. The molecular formula is C39H32N2O7S. The van der Waals surface area contributed by atoms with Gasteiger partial charge in [0.25, 0.3) is 11.8 Å². The lowest BCUT2D eigenvalue weighted by atomic mass is 9.99. The highest BCUT2D eigenvalue weighted by molar-refractivity contribution is 7.99. The topological polar surface area (TPSA) is 126 Å². The number of rotatable bonds is 10. The molecule has 5 aromatic rings. The van der Waals surface area contributed by atoms with Crippen LogP contribution in [0.5, 0.6) is 0 Å². The van der Waals surface area contributed by atoms with Crippen molar-refractivity contribution in [2.24, 2.45) is 0 Å². The molecule has 7 rings (SSSR count). The predicted octanol–water partition coefficient (Wildman–Crippen LogP) is 7.07. The summed E-state index contributed by atoms with van der Waals surface area (Å²) in [6, 6.07) is 33.3. The van der Waals surface area contributed by atoms with Crippen molar-refractivity contribution in [1.82, 2.24) is 9.88 Å². The van der Waals surface area contributed by atoms with Crippen molar-refractivity contribution in [3.8, 4) is 11.1 Å². The maximum Gasteiger partial charge on any atom is 0.338 e. The van der Waals surface area contributed by atoms with Gasteiger partial charge in [0.2, 0.25) is 0 Å². The molecule has 0 saturated carbocycles. The molecule has 3 unspecified atom stereocenters. The molecule has 10 heteroatoms. The van der Waals surface area contributed by atoms with Crippen molar-refractivity contribution in [3.63, 3.8) is 0 Å². The lowest BCUT2D eigenvalue weighted by Crippen LogP contribution is -2.31. The van der Waals surface area contributed by atoms with E-state index in [0.717, 1.165) is 33.4 Å². The second-order valence-electron chi connectivity index (χ2n) is 11.9. The molecule has 1 fully saturated rings. The van der Waals surface area contributed by atoms with E-state index in [-0.39, 0.29) is 42.7 Å². The largest absolute Gasteiger partial charge is 0.478 e. The predicted molar refractivity (Wildman–Crippen MR) is 183 cm³/mol. The fourth-order valence-corrected chi connectivity index (χ4v) is 7.12. The first kappa shape index (κ1) is 32.4. The molecule has 0 spiro atoms. The van der Waals surface area contributed by atoms with E-state index < -0.39 is 12.3 Å². The van der Waals surface area contributed by atoms with Crippen molar-refractivity contribution in [2.45, 2.75) is 43.1 Å². The highest BCUT2D eigenvalue weighted by Crippen LogP contribution is 2.40. The highest BCUT2D eigenvalue weighted by atomic mass is 32.2. The first-order chi connectivity index (χ1) is 23.9. The number of carboxylic acid groups (broad SMARTS) is 1. The zero-order chi connectivity index (χ0) is 33.9. The minimum absolute atomic E-state index is 0.0508. The summed E-state index contributed by atoms with van der Waals surface area (Å²) in [5.74, 6) is -1.13. The van der Waals surface area contributed by atoms with Crippen LogP contribution in [0.1, 0.15) is 72.1 Å². The monoisotopic (exact) mass is 672 g/mol. The zero-order valence-corrected chi connectivity index (χ0v) is 27.1. The molecule has 4 aromatic carbocycles. The SMILES string of the molecule is O=C(O)c1cccnc1SCC1CC(c2ccc(CO)cc2)OC(c2ccc(-c3cccc(CN4C(=O)c5ccccc5C4=O)c3)cc2)O1. The molecule has 49 heavy (non-hydrogen) atoms. The van der Waals surface area contributed by atoms with Crippen LogP contribution in [0.25, 0.3) is 11.1 Å². The van der Waals surface area contributed by atoms with Crippen molar-refractivity contribution in [2.75, 3.05) is 5.75 Å². The van der Waals surface area contributed by atoms with Crippen molar-refractivity contribution in [3.05, 3.63) is 154 Å². The molecule has 0 radical (unpaired) electrons. The Morgan fingerprint density at radius 3 is 2.20 bits per heavy atom. The summed E-state index contributed by atoms with van der Waals surface area (Å²) in [6.45, 7) is 0.124. The molecule has 9 nitrogen and oxygen atoms in total. The molecule has 246 valence electrons. The van der Waals surface area contributed by atoms with Crippen LogP contribution in [0, 0.1) is 0 Å². The van der Waals surface area contributed by atoms with Gasteiger partial charge in [-0.05, 0) is 58.1 Å². The summed E-state index contributed by atoms with van der Waals surface area (Å²) >= 11 is 1.34. The van der Waals surface area contributed by atoms with Gasteiger partial charge in [0.1, 0.15) is 5.03 Å². The van der Waals surface area contributed by atoms with Crippen LogP contribution in [0.2, 0.25) is 0 Å². The van der Waals surface area contributed by atoms with Crippen LogP contribution >= 0.6 is 11.8 Å². The molecule has 1 saturated heterocycles. The number of nitrogens with zero attached hydrogens (tertiary/aromatic N) is 2. The van der Waals surface area contributed by atoms with E-state index in [1.54, 1.807) is 42.6 Å². The van der Waals surface area contributed by atoms with Gasteiger partial charge in [-0.15, -0.1) is 11.8 Å². The van der Waals surface area contributed by atoms with Gasteiger partial charge >= 0.3 is 5.97 Å². The zero-order valence-electron chi connectivity index (χ0n) is 26.3. The van der Waals surface area contributed by atoms with Gasteiger partial charge in [-0.3, -0.25) is 14.5 Å². The van der Waals surface area contributed by atoms with Crippen LogP contribution in [0.4, 0.5) is 0 Å². The number of thioether (sulfide) groups is 1. The van der Waals surface area contributed by atoms with Gasteiger partial charge in [-0.25, -0.2) is 9.78 Å². The number of aliphatic hydroxyl groups excluding tert-OH is 1.